The molecule has 0 fully saturated rings. The van der Waals surface area contributed by atoms with E-state index >= 15 is 0 Å². The molecule has 4 rings (SSSR count). The third-order valence-electron chi connectivity index (χ3n) is 3.65. The molecule has 0 radical (unpaired) electrons. The summed E-state index contributed by atoms with van der Waals surface area (Å²) >= 11 is 7.56. The van der Waals surface area contributed by atoms with Gasteiger partial charge in [0.25, 0.3) is 0 Å². The smallest absolute Gasteiger partial charge is 0.234 e. The molecule has 0 aliphatic heterocycles. The zero-order chi connectivity index (χ0) is 16.5. The van der Waals surface area contributed by atoms with Crippen molar-refractivity contribution in [1.29, 1.82) is 0 Å². The normalized spacial score (nSPS) is 11.1. The predicted molar refractivity (Wildman–Crippen MR) is 94.9 cm³/mol. The third-order valence-corrected chi connectivity index (χ3v) is 4.83. The predicted octanol–water partition coefficient (Wildman–Crippen LogP) is 4.11. The van der Waals surface area contributed by atoms with Crippen molar-refractivity contribution in [3.63, 3.8) is 0 Å². The van der Waals surface area contributed by atoms with E-state index in [0.717, 1.165) is 32.7 Å². The van der Waals surface area contributed by atoms with Crippen LogP contribution in [-0.4, -0.2) is 26.9 Å². The lowest BCUT2D eigenvalue weighted by atomic mass is 10.1. The van der Waals surface area contributed by atoms with E-state index in [0.29, 0.717) is 11.4 Å². The second-order valence-electron chi connectivity index (χ2n) is 5.25. The van der Waals surface area contributed by atoms with E-state index in [1.807, 2.05) is 48.5 Å². The van der Waals surface area contributed by atoms with Crippen molar-refractivity contribution < 1.29 is 4.74 Å². The van der Waals surface area contributed by atoms with Gasteiger partial charge >= 0.3 is 0 Å². The summed E-state index contributed by atoms with van der Waals surface area (Å²) in [4.78, 5) is 0.772. The lowest BCUT2D eigenvalue weighted by molar-refractivity contribution is 0.414. The van der Waals surface area contributed by atoms with Crippen LogP contribution in [0.25, 0.3) is 15.5 Å². The van der Waals surface area contributed by atoms with Gasteiger partial charge in [0, 0.05) is 17.0 Å². The lowest BCUT2D eigenvalue weighted by Gasteiger charge is -2.01. The molecule has 24 heavy (non-hydrogen) atoms. The summed E-state index contributed by atoms with van der Waals surface area (Å²) in [6.45, 7) is 0. The van der Waals surface area contributed by atoms with Gasteiger partial charge in [-0.1, -0.05) is 47.2 Å². The average Bonchev–Trinajstić information content (AvgIpc) is 3.18. The molecule has 0 aliphatic carbocycles. The molecular formula is C17H13ClN4OS. The number of fused-ring (bicyclic) bond motifs is 1. The summed E-state index contributed by atoms with van der Waals surface area (Å²) in [5.74, 6) is 1.64. The molecule has 120 valence electrons. The highest BCUT2D eigenvalue weighted by atomic mass is 35.5. The highest BCUT2D eigenvalue weighted by Gasteiger charge is 2.13. The quantitative estimate of drug-likeness (QED) is 0.552. The Balaban J connectivity index is 1.66. The van der Waals surface area contributed by atoms with E-state index in [2.05, 4.69) is 15.3 Å². The SMILES string of the molecule is COc1ccc(Cc2nnc3sc(-c4cccc(Cl)c4)nn23)cc1. The molecule has 2 aromatic carbocycles. The van der Waals surface area contributed by atoms with Crippen molar-refractivity contribution >= 4 is 27.9 Å². The Hall–Kier alpha value is -2.44. The van der Waals surface area contributed by atoms with Gasteiger partial charge in [-0.2, -0.15) is 9.61 Å². The zero-order valence-electron chi connectivity index (χ0n) is 12.8. The number of benzene rings is 2. The molecule has 2 heterocycles. The molecule has 2 aromatic heterocycles. The molecule has 0 N–H and O–H groups in total. The Bertz CT molecular complexity index is 993. The van der Waals surface area contributed by atoms with Crippen LogP contribution < -0.4 is 4.74 Å². The number of nitrogens with zero attached hydrogens (tertiary/aromatic N) is 4. The molecule has 5 nitrogen and oxygen atoms in total. The fourth-order valence-electron chi connectivity index (χ4n) is 2.43. The van der Waals surface area contributed by atoms with Crippen LogP contribution in [0.4, 0.5) is 0 Å². The number of aromatic nitrogens is 4. The van der Waals surface area contributed by atoms with Crippen LogP contribution in [0.15, 0.2) is 48.5 Å². The molecule has 0 saturated heterocycles. The van der Waals surface area contributed by atoms with Crippen molar-refractivity contribution in [1.82, 2.24) is 19.8 Å². The Labute approximate surface area is 147 Å². The monoisotopic (exact) mass is 356 g/mol. The van der Waals surface area contributed by atoms with E-state index in [-0.39, 0.29) is 0 Å². The Morgan fingerprint density at radius 2 is 1.96 bits per heavy atom. The first-order valence-corrected chi connectivity index (χ1v) is 8.52. The summed E-state index contributed by atoms with van der Waals surface area (Å²) in [7, 11) is 1.66. The highest BCUT2D eigenvalue weighted by molar-refractivity contribution is 7.19. The fraction of sp³-hybridized carbons (Fsp3) is 0.118. The minimum absolute atomic E-state index is 0.657. The first-order valence-electron chi connectivity index (χ1n) is 7.33. The molecular weight excluding hydrogens is 344 g/mol. The van der Waals surface area contributed by atoms with Gasteiger partial charge in [0.05, 0.1) is 7.11 Å². The summed E-state index contributed by atoms with van der Waals surface area (Å²) < 4.78 is 6.98. The van der Waals surface area contributed by atoms with E-state index in [9.17, 15) is 0 Å². The molecule has 0 spiro atoms. The molecule has 0 atom stereocenters. The average molecular weight is 357 g/mol. The largest absolute Gasteiger partial charge is 0.497 e. The topological polar surface area (TPSA) is 52.3 Å². The zero-order valence-corrected chi connectivity index (χ0v) is 14.4. The lowest BCUT2D eigenvalue weighted by Crippen LogP contribution is -1.97. The first-order chi connectivity index (χ1) is 11.7. The van der Waals surface area contributed by atoms with Crippen LogP contribution in [-0.2, 0) is 6.42 Å². The number of hydrogen-bond acceptors (Lipinski definition) is 5. The van der Waals surface area contributed by atoms with Gasteiger partial charge in [0.1, 0.15) is 10.8 Å². The van der Waals surface area contributed by atoms with Gasteiger partial charge in [-0.05, 0) is 29.8 Å². The summed E-state index contributed by atoms with van der Waals surface area (Å²) in [6, 6.07) is 15.6. The van der Waals surface area contributed by atoms with Crippen molar-refractivity contribution in [3.05, 3.63) is 64.9 Å². The van der Waals surface area contributed by atoms with E-state index in [4.69, 9.17) is 16.3 Å². The second-order valence-corrected chi connectivity index (χ2v) is 6.65. The van der Waals surface area contributed by atoms with Crippen LogP contribution in [0.2, 0.25) is 5.02 Å². The van der Waals surface area contributed by atoms with Crippen LogP contribution >= 0.6 is 22.9 Å². The molecule has 0 bridgehead atoms. The maximum atomic E-state index is 6.06. The van der Waals surface area contributed by atoms with E-state index in [1.165, 1.54) is 11.3 Å². The van der Waals surface area contributed by atoms with Crippen molar-refractivity contribution in [3.8, 4) is 16.3 Å². The van der Waals surface area contributed by atoms with Crippen molar-refractivity contribution in [2.75, 3.05) is 7.11 Å². The second kappa shape index (κ2) is 6.22. The van der Waals surface area contributed by atoms with E-state index in [1.54, 1.807) is 11.6 Å². The van der Waals surface area contributed by atoms with Gasteiger partial charge in [-0.15, -0.1) is 10.2 Å². The maximum Gasteiger partial charge on any atom is 0.234 e. The Morgan fingerprint density at radius 3 is 2.71 bits per heavy atom. The minimum atomic E-state index is 0.657. The number of hydrogen-bond donors (Lipinski definition) is 0. The summed E-state index contributed by atoms with van der Waals surface area (Å²) in [5.41, 5.74) is 2.11. The Kier molecular flexibility index (Phi) is 3.92. The summed E-state index contributed by atoms with van der Waals surface area (Å²) in [5, 5.41) is 14.7. The highest BCUT2D eigenvalue weighted by Crippen LogP contribution is 2.27. The number of halogens is 1. The number of ether oxygens (including phenoxy) is 1. The van der Waals surface area contributed by atoms with Crippen LogP contribution in [0.1, 0.15) is 11.4 Å². The third kappa shape index (κ3) is 2.86. The number of methoxy groups -OCH3 is 1. The van der Waals surface area contributed by atoms with Gasteiger partial charge in [-0.3, -0.25) is 0 Å². The first kappa shape index (κ1) is 15.1. The minimum Gasteiger partial charge on any atom is -0.497 e. The maximum absolute atomic E-state index is 6.06. The van der Waals surface area contributed by atoms with Gasteiger partial charge in [-0.25, -0.2) is 0 Å². The molecule has 0 unspecified atom stereocenters. The van der Waals surface area contributed by atoms with Crippen LogP contribution in [0.5, 0.6) is 5.75 Å². The standard InChI is InChI=1S/C17H13ClN4OS/c1-23-14-7-5-11(6-8-14)9-15-19-20-17-22(15)21-16(24-17)12-3-2-4-13(18)10-12/h2-8,10H,9H2,1H3. The molecule has 0 saturated carbocycles. The molecule has 0 aliphatic rings. The van der Waals surface area contributed by atoms with Crippen molar-refractivity contribution in [2.45, 2.75) is 6.42 Å². The van der Waals surface area contributed by atoms with Crippen LogP contribution in [0.3, 0.4) is 0 Å². The number of rotatable bonds is 4. The van der Waals surface area contributed by atoms with Crippen LogP contribution in [0, 0.1) is 0 Å². The fourth-order valence-corrected chi connectivity index (χ4v) is 3.48. The van der Waals surface area contributed by atoms with Gasteiger partial charge in [0.2, 0.25) is 4.96 Å². The molecule has 7 heteroatoms. The van der Waals surface area contributed by atoms with Gasteiger partial charge in [0.15, 0.2) is 5.82 Å². The molecule has 4 aromatic rings. The Morgan fingerprint density at radius 1 is 1.12 bits per heavy atom. The van der Waals surface area contributed by atoms with E-state index < -0.39 is 0 Å². The summed E-state index contributed by atoms with van der Waals surface area (Å²) in [6.07, 6.45) is 0.657. The van der Waals surface area contributed by atoms with Gasteiger partial charge < -0.3 is 4.74 Å². The molecule has 0 amide bonds. The van der Waals surface area contributed by atoms with Crippen molar-refractivity contribution in [2.24, 2.45) is 0 Å².